The lowest BCUT2D eigenvalue weighted by Gasteiger charge is -2.33. The molecule has 0 saturated carbocycles. The molecule has 2 aromatic heterocycles. The number of ether oxygens (including phenoxy) is 1. The fourth-order valence-electron chi connectivity index (χ4n) is 2.68. The maximum Gasteiger partial charge on any atom is 0.138 e. The Balaban J connectivity index is 1.69. The molecule has 0 radical (unpaired) electrons. The summed E-state index contributed by atoms with van der Waals surface area (Å²) in [5, 5.41) is 0. The number of nitrogens with zero attached hydrogens (tertiary/aromatic N) is 3. The summed E-state index contributed by atoms with van der Waals surface area (Å²) in [7, 11) is 0. The van der Waals surface area contributed by atoms with Crippen molar-refractivity contribution in [2.45, 2.75) is 18.9 Å². The molecule has 2 aromatic rings. The highest BCUT2D eigenvalue weighted by molar-refractivity contribution is 5.51. The zero-order valence-corrected chi connectivity index (χ0v) is 11.0. The molecule has 3 heterocycles. The van der Waals surface area contributed by atoms with E-state index in [1.807, 2.05) is 18.5 Å². The molecular formula is C14H20N4O. The van der Waals surface area contributed by atoms with Crippen LogP contribution in [0.15, 0.2) is 30.6 Å². The van der Waals surface area contributed by atoms with E-state index in [1.165, 1.54) is 5.82 Å². The molecule has 1 aliphatic rings. The van der Waals surface area contributed by atoms with E-state index in [4.69, 9.17) is 10.5 Å². The van der Waals surface area contributed by atoms with Gasteiger partial charge in [0.05, 0.1) is 12.7 Å². The van der Waals surface area contributed by atoms with Crippen molar-refractivity contribution >= 4 is 11.5 Å². The Morgan fingerprint density at radius 1 is 1.32 bits per heavy atom. The molecule has 0 unspecified atom stereocenters. The number of pyridine rings is 1. The van der Waals surface area contributed by atoms with Crippen molar-refractivity contribution in [3.8, 4) is 0 Å². The first-order valence-corrected chi connectivity index (χ1v) is 6.87. The Hall–Kier alpha value is -1.59. The van der Waals surface area contributed by atoms with Crippen molar-refractivity contribution in [2.24, 2.45) is 5.73 Å². The van der Waals surface area contributed by atoms with Crippen LogP contribution >= 0.6 is 0 Å². The lowest BCUT2D eigenvalue weighted by molar-refractivity contribution is 0.0421. The smallest absolute Gasteiger partial charge is 0.138 e. The molecule has 5 nitrogen and oxygen atoms in total. The standard InChI is InChI=1S/C14H20N4O/c15-6-11-19-12-4-8-17(9-5-12)14-3-1-2-13-16-7-10-18(13)14/h1-3,7,10,12H,4-6,8-9,11,15H2. The highest BCUT2D eigenvalue weighted by Gasteiger charge is 2.20. The SMILES string of the molecule is NCCOC1CCN(c2cccc3nccn23)CC1. The summed E-state index contributed by atoms with van der Waals surface area (Å²) in [5.74, 6) is 1.22. The third-order valence-corrected chi connectivity index (χ3v) is 3.64. The van der Waals surface area contributed by atoms with Gasteiger partial charge in [-0.1, -0.05) is 6.07 Å². The van der Waals surface area contributed by atoms with Crippen LogP contribution in [0.5, 0.6) is 0 Å². The van der Waals surface area contributed by atoms with Gasteiger partial charge in [-0.15, -0.1) is 0 Å². The first kappa shape index (κ1) is 12.4. The Kier molecular flexibility index (Phi) is 3.66. The first-order valence-electron chi connectivity index (χ1n) is 6.87. The first-order chi connectivity index (χ1) is 9.38. The van der Waals surface area contributed by atoms with E-state index in [2.05, 4.69) is 26.4 Å². The molecule has 0 aromatic carbocycles. The fourth-order valence-corrected chi connectivity index (χ4v) is 2.68. The minimum Gasteiger partial charge on any atom is -0.377 e. The van der Waals surface area contributed by atoms with Gasteiger partial charge in [-0.25, -0.2) is 4.98 Å². The second-order valence-electron chi connectivity index (χ2n) is 4.89. The van der Waals surface area contributed by atoms with Gasteiger partial charge in [0, 0.05) is 32.0 Å². The van der Waals surface area contributed by atoms with E-state index in [-0.39, 0.29) is 0 Å². The van der Waals surface area contributed by atoms with E-state index in [0.29, 0.717) is 19.3 Å². The molecule has 1 aliphatic heterocycles. The van der Waals surface area contributed by atoms with Gasteiger partial charge in [0.15, 0.2) is 0 Å². The Morgan fingerprint density at radius 3 is 2.95 bits per heavy atom. The Bertz CT molecular complexity index is 531. The van der Waals surface area contributed by atoms with Crippen molar-refractivity contribution in [1.29, 1.82) is 0 Å². The summed E-state index contributed by atoms with van der Waals surface area (Å²) in [6.45, 7) is 3.31. The van der Waals surface area contributed by atoms with Gasteiger partial charge in [-0.05, 0) is 25.0 Å². The Labute approximate surface area is 113 Å². The Morgan fingerprint density at radius 2 is 2.16 bits per heavy atom. The number of hydrogen-bond acceptors (Lipinski definition) is 4. The molecule has 2 N–H and O–H groups in total. The van der Waals surface area contributed by atoms with Crippen LogP contribution in [0.4, 0.5) is 5.82 Å². The van der Waals surface area contributed by atoms with Crippen molar-refractivity contribution < 1.29 is 4.74 Å². The number of nitrogens with two attached hydrogens (primary N) is 1. The molecule has 5 heteroatoms. The number of imidazole rings is 1. The predicted molar refractivity (Wildman–Crippen MR) is 75.4 cm³/mol. The van der Waals surface area contributed by atoms with Crippen LogP contribution in [0.1, 0.15) is 12.8 Å². The molecule has 0 amide bonds. The number of hydrogen-bond donors (Lipinski definition) is 1. The number of rotatable bonds is 4. The van der Waals surface area contributed by atoms with E-state index in [0.717, 1.165) is 31.6 Å². The zero-order chi connectivity index (χ0) is 13.1. The maximum atomic E-state index is 5.72. The van der Waals surface area contributed by atoms with Crippen LogP contribution in [0.3, 0.4) is 0 Å². The normalized spacial score (nSPS) is 17.2. The fraction of sp³-hybridized carbons (Fsp3) is 0.500. The molecule has 3 rings (SSSR count). The summed E-state index contributed by atoms with van der Waals surface area (Å²) in [6.07, 6.45) is 6.34. The monoisotopic (exact) mass is 260 g/mol. The van der Waals surface area contributed by atoms with Gasteiger partial charge in [-0.2, -0.15) is 0 Å². The topological polar surface area (TPSA) is 55.8 Å². The van der Waals surface area contributed by atoms with Crippen LogP contribution in [-0.2, 0) is 4.74 Å². The van der Waals surface area contributed by atoms with Gasteiger partial charge in [0.2, 0.25) is 0 Å². The minimum atomic E-state index is 0.363. The minimum absolute atomic E-state index is 0.363. The highest BCUT2D eigenvalue weighted by Crippen LogP contribution is 2.22. The largest absolute Gasteiger partial charge is 0.377 e. The van der Waals surface area contributed by atoms with Crippen LogP contribution in [0, 0.1) is 0 Å². The van der Waals surface area contributed by atoms with Gasteiger partial charge >= 0.3 is 0 Å². The van der Waals surface area contributed by atoms with Crippen LogP contribution < -0.4 is 10.6 Å². The number of piperidine rings is 1. The summed E-state index contributed by atoms with van der Waals surface area (Å²) < 4.78 is 7.86. The van der Waals surface area contributed by atoms with E-state index >= 15 is 0 Å². The van der Waals surface area contributed by atoms with Crippen molar-refractivity contribution in [1.82, 2.24) is 9.38 Å². The molecule has 19 heavy (non-hydrogen) atoms. The maximum absolute atomic E-state index is 5.72. The van der Waals surface area contributed by atoms with Crippen LogP contribution in [0.2, 0.25) is 0 Å². The molecule has 1 saturated heterocycles. The van der Waals surface area contributed by atoms with E-state index in [9.17, 15) is 0 Å². The molecule has 102 valence electrons. The van der Waals surface area contributed by atoms with Crippen molar-refractivity contribution in [2.75, 3.05) is 31.1 Å². The van der Waals surface area contributed by atoms with Crippen molar-refractivity contribution in [3.05, 3.63) is 30.6 Å². The number of anilines is 1. The van der Waals surface area contributed by atoms with E-state index < -0.39 is 0 Å². The van der Waals surface area contributed by atoms with Crippen molar-refractivity contribution in [3.63, 3.8) is 0 Å². The average molecular weight is 260 g/mol. The quantitative estimate of drug-likeness (QED) is 0.899. The predicted octanol–water partition coefficient (Wildman–Crippen LogP) is 1.28. The third-order valence-electron chi connectivity index (χ3n) is 3.64. The number of aromatic nitrogens is 2. The van der Waals surface area contributed by atoms with Gasteiger partial charge in [0.1, 0.15) is 11.5 Å². The molecular weight excluding hydrogens is 240 g/mol. The number of fused-ring (bicyclic) bond motifs is 1. The van der Waals surface area contributed by atoms with Crippen LogP contribution in [0.25, 0.3) is 5.65 Å². The van der Waals surface area contributed by atoms with Gasteiger partial charge < -0.3 is 15.4 Å². The third kappa shape index (κ3) is 2.57. The summed E-state index contributed by atoms with van der Waals surface area (Å²) in [4.78, 5) is 6.73. The zero-order valence-electron chi connectivity index (χ0n) is 11.0. The lowest BCUT2D eigenvalue weighted by Crippen LogP contribution is -2.38. The highest BCUT2D eigenvalue weighted by atomic mass is 16.5. The average Bonchev–Trinajstić information content (AvgIpc) is 2.94. The van der Waals surface area contributed by atoms with Gasteiger partial charge in [-0.3, -0.25) is 4.40 Å². The summed E-state index contributed by atoms with van der Waals surface area (Å²) in [6, 6.07) is 6.24. The lowest BCUT2D eigenvalue weighted by atomic mass is 10.1. The molecule has 0 spiro atoms. The van der Waals surface area contributed by atoms with Crippen LogP contribution in [-0.4, -0.2) is 41.7 Å². The molecule has 0 bridgehead atoms. The molecule has 0 atom stereocenters. The molecule has 1 fully saturated rings. The summed E-state index contributed by atoms with van der Waals surface area (Å²) in [5.41, 5.74) is 6.47. The van der Waals surface area contributed by atoms with Gasteiger partial charge in [0.25, 0.3) is 0 Å². The van der Waals surface area contributed by atoms with E-state index in [1.54, 1.807) is 0 Å². The second kappa shape index (κ2) is 5.59. The second-order valence-corrected chi connectivity index (χ2v) is 4.89. The molecule has 0 aliphatic carbocycles. The summed E-state index contributed by atoms with van der Waals surface area (Å²) >= 11 is 0.